The van der Waals surface area contributed by atoms with E-state index in [0.29, 0.717) is 4.47 Å². The van der Waals surface area contributed by atoms with Crippen LogP contribution in [0.2, 0.25) is 0 Å². The van der Waals surface area contributed by atoms with Gasteiger partial charge < -0.3 is 14.6 Å². The summed E-state index contributed by atoms with van der Waals surface area (Å²) in [6, 6.07) is 2.85. The van der Waals surface area contributed by atoms with Gasteiger partial charge in [-0.05, 0) is 12.1 Å². The monoisotopic (exact) mass is 288 g/mol. The van der Waals surface area contributed by atoms with Gasteiger partial charge in [-0.2, -0.15) is 0 Å². The first-order valence-corrected chi connectivity index (χ1v) is 5.04. The van der Waals surface area contributed by atoms with E-state index in [2.05, 4.69) is 15.9 Å². The summed E-state index contributed by atoms with van der Waals surface area (Å²) in [5.41, 5.74) is -0.138. The number of benzene rings is 1. The minimum absolute atomic E-state index is 0.0919. The van der Waals surface area contributed by atoms with Crippen LogP contribution >= 0.6 is 15.9 Å². The van der Waals surface area contributed by atoms with Gasteiger partial charge in [-0.1, -0.05) is 15.9 Å². The minimum atomic E-state index is -1.20. The molecule has 0 atom stereocenters. The Morgan fingerprint density at radius 3 is 2.44 bits per heavy atom. The second-order valence-corrected chi connectivity index (χ2v) is 3.80. The molecule has 0 aromatic heterocycles. The molecule has 0 fully saturated rings. The maximum Gasteiger partial charge on any atom is 0.339 e. The Bertz CT molecular complexity index is 441. The van der Waals surface area contributed by atoms with Crippen molar-refractivity contribution < 1.29 is 24.2 Å². The maximum absolute atomic E-state index is 11.0. The summed E-state index contributed by atoms with van der Waals surface area (Å²) in [4.78, 5) is 21.8. The van der Waals surface area contributed by atoms with Crippen molar-refractivity contribution >= 4 is 27.9 Å². The molecule has 0 radical (unpaired) electrons. The molecule has 0 aliphatic rings. The lowest BCUT2D eigenvalue weighted by Gasteiger charge is -2.11. The van der Waals surface area contributed by atoms with Crippen molar-refractivity contribution in [3.63, 3.8) is 0 Å². The van der Waals surface area contributed by atoms with Crippen molar-refractivity contribution in [1.82, 2.24) is 0 Å². The highest BCUT2D eigenvalue weighted by molar-refractivity contribution is 9.10. The number of ether oxygens (including phenoxy) is 2. The van der Waals surface area contributed by atoms with Crippen LogP contribution in [0.4, 0.5) is 0 Å². The van der Waals surface area contributed by atoms with Gasteiger partial charge in [-0.15, -0.1) is 0 Å². The number of methoxy groups -OCH3 is 1. The molecule has 16 heavy (non-hydrogen) atoms. The summed E-state index contributed by atoms with van der Waals surface area (Å²) < 4.78 is 10.3. The van der Waals surface area contributed by atoms with Crippen LogP contribution < -0.4 is 9.47 Å². The molecule has 0 bridgehead atoms. The lowest BCUT2D eigenvalue weighted by Crippen LogP contribution is -2.08. The maximum atomic E-state index is 11.0. The summed E-state index contributed by atoms with van der Waals surface area (Å²) in [7, 11) is 1.36. The molecule has 1 aromatic rings. The minimum Gasteiger partial charge on any atom is -0.493 e. The number of esters is 1. The van der Waals surface area contributed by atoms with E-state index in [0.717, 1.165) is 0 Å². The molecule has 0 spiro atoms. The van der Waals surface area contributed by atoms with Crippen LogP contribution in [0.5, 0.6) is 11.5 Å². The largest absolute Gasteiger partial charge is 0.493 e. The SMILES string of the molecule is COc1cc(Br)cc(C(=O)O)c1OC(C)=O. The highest BCUT2D eigenvalue weighted by atomic mass is 79.9. The zero-order chi connectivity index (χ0) is 12.3. The third-order valence-electron chi connectivity index (χ3n) is 1.72. The number of halogens is 1. The normalized spacial score (nSPS) is 9.69. The average molecular weight is 289 g/mol. The predicted molar refractivity (Wildman–Crippen MR) is 59.0 cm³/mol. The van der Waals surface area contributed by atoms with Crippen molar-refractivity contribution in [3.8, 4) is 11.5 Å². The quantitative estimate of drug-likeness (QED) is 0.681. The zero-order valence-electron chi connectivity index (χ0n) is 8.61. The number of carboxylic acids is 1. The number of carbonyl (C=O) groups excluding carboxylic acids is 1. The summed E-state index contributed by atoms with van der Waals surface area (Å²) in [6.07, 6.45) is 0. The molecule has 1 rings (SSSR count). The van der Waals surface area contributed by atoms with Gasteiger partial charge in [0.15, 0.2) is 11.5 Å². The van der Waals surface area contributed by atoms with Crippen molar-refractivity contribution in [1.29, 1.82) is 0 Å². The van der Waals surface area contributed by atoms with E-state index < -0.39 is 11.9 Å². The fraction of sp³-hybridized carbons (Fsp3) is 0.200. The van der Waals surface area contributed by atoms with Gasteiger partial charge in [0.05, 0.1) is 7.11 Å². The standard InChI is InChI=1S/C10H9BrO5/c1-5(12)16-9-7(10(13)14)3-6(11)4-8(9)15-2/h3-4H,1-2H3,(H,13,14). The Morgan fingerprint density at radius 1 is 1.38 bits per heavy atom. The average Bonchev–Trinajstić information content (AvgIpc) is 2.19. The molecule has 0 aliphatic carbocycles. The van der Waals surface area contributed by atoms with Crippen molar-refractivity contribution in [2.24, 2.45) is 0 Å². The molecule has 0 saturated heterocycles. The van der Waals surface area contributed by atoms with E-state index in [1.807, 2.05) is 0 Å². The Kier molecular flexibility index (Phi) is 3.89. The van der Waals surface area contributed by atoms with Crippen LogP contribution in [-0.2, 0) is 4.79 Å². The molecule has 86 valence electrons. The van der Waals surface area contributed by atoms with Crippen molar-refractivity contribution in [2.75, 3.05) is 7.11 Å². The highest BCUT2D eigenvalue weighted by Gasteiger charge is 2.19. The van der Waals surface area contributed by atoms with Gasteiger partial charge in [0.1, 0.15) is 5.56 Å². The van der Waals surface area contributed by atoms with Crippen LogP contribution in [-0.4, -0.2) is 24.2 Å². The Hall–Kier alpha value is -1.56. The van der Waals surface area contributed by atoms with Crippen LogP contribution in [0.15, 0.2) is 16.6 Å². The van der Waals surface area contributed by atoms with E-state index >= 15 is 0 Å². The summed E-state index contributed by atoms with van der Waals surface area (Å²) in [5.74, 6) is -1.72. The fourth-order valence-corrected chi connectivity index (χ4v) is 1.56. The van der Waals surface area contributed by atoms with Crippen LogP contribution in [0.1, 0.15) is 17.3 Å². The van der Waals surface area contributed by atoms with E-state index in [4.69, 9.17) is 14.6 Å². The molecule has 0 aliphatic heterocycles. The molecule has 0 unspecified atom stereocenters. The topological polar surface area (TPSA) is 72.8 Å². The van der Waals surface area contributed by atoms with E-state index in [9.17, 15) is 9.59 Å². The number of rotatable bonds is 3. The van der Waals surface area contributed by atoms with Gasteiger partial charge in [-0.3, -0.25) is 4.79 Å². The van der Waals surface area contributed by atoms with Crippen molar-refractivity contribution in [2.45, 2.75) is 6.92 Å². The number of hydrogen-bond donors (Lipinski definition) is 1. The van der Waals surface area contributed by atoms with Gasteiger partial charge in [0.25, 0.3) is 0 Å². The van der Waals surface area contributed by atoms with Gasteiger partial charge in [0, 0.05) is 11.4 Å². The van der Waals surface area contributed by atoms with E-state index in [1.54, 1.807) is 0 Å². The molecule has 5 nitrogen and oxygen atoms in total. The molecule has 0 amide bonds. The number of carboxylic acid groups (broad SMARTS) is 1. The first-order chi connectivity index (χ1) is 7.45. The first kappa shape index (κ1) is 12.5. The number of aromatic carboxylic acids is 1. The smallest absolute Gasteiger partial charge is 0.339 e. The molecule has 1 N–H and O–H groups in total. The van der Waals surface area contributed by atoms with Gasteiger partial charge >= 0.3 is 11.9 Å². The second-order valence-electron chi connectivity index (χ2n) is 2.88. The molecule has 6 heteroatoms. The first-order valence-electron chi connectivity index (χ1n) is 4.25. The number of carbonyl (C=O) groups is 2. The Balaban J connectivity index is 3.38. The van der Waals surface area contributed by atoms with Crippen LogP contribution in [0.3, 0.4) is 0 Å². The second kappa shape index (κ2) is 4.98. The highest BCUT2D eigenvalue weighted by Crippen LogP contribution is 2.34. The molecule has 0 saturated carbocycles. The van der Waals surface area contributed by atoms with Crippen LogP contribution in [0.25, 0.3) is 0 Å². The summed E-state index contributed by atoms with van der Waals surface area (Å²) >= 11 is 3.14. The third-order valence-corrected chi connectivity index (χ3v) is 2.17. The van der Waals surface area contributed by atoms with Crippen molar-refractivity contribution in [3.05, 3.63) is 22.2 Å². The predicted octanol–water partition coefficient (Wildman–Crippen LogP) is 2.08. The molecular weight excluding hydrogens is 280 g/mol. The lowest BCUT2D eigenvalue weighted by atomic mass is 10.2. The Labute approximate surface area is 100 Å². The van der Waals surface area contributed by atoms with Gasteiger partial charge in [0.2, 0.25) is 0 Å². The third kappa shape index (κ3) is 2.73. The van der Waals surface area contributed by atoms with Crippen LogP contribution in [0, 0.1) is 0 Å². The van der Waals surface area contributed by atoms with E-state index in [-0.39, 0.29) is 17.1 Å². The Morgan fingerprint density at radius 2 is 2.00 bits per heavy atom. The summed E-state index contributed by atoms with van der Waals surface area (Å²) in [6.45, 7) is 1.19. The fourth-order valence-electron chi connectivity index (χ4n) is 1.13. The molecule has 1 aromatic carbocycles. The lowest BCUT2D eigenvalue weighted by molar-refractivity contribution is -0.132. The molecule has 0 heterocycles. The van der Waals surface area contributed by atoms with E-state index in [1.165, 1.54) is 26.2 Å². The summed E-state index contributed by atoms with van der Waals surface area (Å²) in [5, 5.41) is 8.96. The molecular formula is C10H9BrO5. The zero-order valence-corrected chi connectivity index (χ0v) is 10.2. The van der Waals surface area contributed by atoms with Gasteiger partial charge in [-0.25, -0.2) is 4.79 Å². The number of hydrogen-bond acceptors (Lipinski definition) is 4.